The molecule has 1 aliphatic rings. The summed E-state index contributed by atoms with van der Waals surface area (Å²) in [6.07, 6.45) is 3.27. The summed E-state index contributed by atoms with van der Waals surface area (Å²) in [4.78, 5) is 30.4. The summed E-state index contributed by atoms with van der Waals surface area (Å²) in [6.45, 7) is 0.223. The van der Waals surface area contributed by atoms with Crippen molar-refractivity contribution in [1.29, 1.82) is 0 Å². The van der Waals surface area contributed by atoms with E-state index in [9.17, 15) is 4.57 Å². The van der Waals surface area contributed by atoms with Gasteiger partial charge in [-0.15, -0.1) is 0 Å². The molecule has 4 rings (SSSR count). The maximum absolute atomic E-state index is 10.8. The maximum atomic E-state index is 10.8. The molecule has 1 fully saturated rings. The van der Waals surface area contributed by atoms with Gasteiger partial charge in [0, 0.05) is 5.39 Å². The maximum Gasteiger partial charge on any atom is 0.469 e. The van der Waals surface area contributed by atoms with Crippen LogP contribution >= 0.6 is 7.82 Å². The molecule has 4 N–H and O–H groups in total. The predicted molar refractivity (Wildman–Crippen MR) is 88.6 cm³/mol. The van der Waals surface area contributed by atoms with Gasteiger partial charge in [-0.05, 0) is 18.6 Å². The average molecular weight is 365 g/mol. The van der Waals surface area contributed by atoms with Gasteiger partial charge in [0.15, 0.2) is 0 Å². The molecule has 0 bridgehead atoms. The number of hydrogen-bond donors (Lipinski definition) is 3. The third kappa shape index (κ3) is 3.10. The highest BCUT2D eigenvalue weighted by Gasteiger charge is 2.30. The quantitative estimate of drug-likeness (QED) is 0.576. The van der Waals surface area contributed by atoms with Gasteiger partial charge in [-0.25, -0.2) is 19.5 Å². The number of nitrogens with zero attached hydrogens (tertiary/aromatic N) is 4. The van der Waals surface area contributed by atoms with Crippen molar-refractivity contribution in [1.82, 2.24) is 19.5 Å². The highest BCUT2D eigenvalue weighted by molar-refractivity contribution is 7.46. The summed E-state index contributed by atoms with van der Waals surface area (Å²) in [5.41, 5.74) is 8.24. The monoisotopic (exact) mass is 365 g/mol. The molecule has 0 spiro atoms. The number of nitrogens with two attached hydrogens (primary N) is 1. The van der Waals surface area contributed by atoms with Crippen LogP contribution in [0.4, 0.5) is 5.82 Å². The van der Waals surface area contributed by atoms with Gasteiger partial charge in [0.25, 0.3) is 0 Å². The van der Waals surface area contributed by atoms with Crippen LogP contribution < -0.4 is 5.73 Å². The lowest BCUT2D eigenvalue weighted by Gasteiger charge is -2.13. The number of hydrogen-bond acceptors (Lipinski definition) is 7. The van der Waals surface area contributed by atoms with Crippen molar-refractivity contribution in [3.63, 3.8) is 0 Å². The predicted octanol–water partition coefficient (Wildman–Crippen LogP) is 1.00. The molecular weight excluding hydrogens is 349 g/mol. The molecule has 132 valence electrons. The zero-order valence-electron chi connectivity index (χ0n) is 13.0. The normalized spacial score (nSPS) is 21.4. The summed E-state index contributed by atoms with van der Waals surface area (Å²) >= 11 is 0. The number of rotatable bonds is 4. The molecule has 2 atom stereocenters. The van der Waals surface area contributed by atoms with Crippen LogP contribution in [0.15, 0.2) is 24.8 Å². The van der Waals surface area contributed by atoms with Crippen molar-refractivity contribution in [3.05, 3.63) is 24.8 Å². The Bertz CT molecular complexity index is 986. The summed E-state index contributed by atoms with van der Waals surface area (Å²) in [5.74, 6) is 0.398. The first kappa shape index (κ1) is 16.4. The van der Waals surface area contributed by atoms with Crippen LogP contribution in [0, 0.1) is 0 Å². The molecule has 0 aliphatic carbocycles. The fourth-order valence-corrected chi connectivity index (χ4v) is 3.48. The Hall–Kier alpha value is -2.10. The first-order valence-corrected chi connectivity index (χ1v) is 9.13. The van der Waals surface area contributed by atoms with E-state index in [2.05, 4.69) is 19.5 Å². The van der Waals surface area contributed by atoms with Gasteiger partial charge in [-0.3, -0.25) is 4.52 Å². The summed E-state index contributed by atoms with van der Waals surface area (Å²) in [6, 6.07) is 3.65. The first-order chi connectivity index (χ1) is 11.9. The van der Waals surface area contributed by atoms with E-state index in [0.29, 0.717) is 24.4 Å². The Balaban J connectivity index is 1.66. The lowest BCUT2D eigenvalue weighted by atomic mass is 10.1. The molecular formula is C14H16N5O5P. The van der Waals surface area contributed by atoms with E-state index in [-0.39, 0.29) is 12.6 Å². The largest absolute Gasteiger partial charge is 0.469 e. The van der Waals surface area contributed by atoms with Crippen molar-refractivity contribution in [3.8, 4) is 0 Å². The number of phosphoric ester groups is 1. The Morgan fingerprint density at radius 2 is 2.20 bits per heavy atom. The Morgan fingerprint density at radius 1 is 1.36 bits per heavy atom. The number of imidazole rings is 1. The fourth-order valence-electron chi connectivity index (χ4n) is 3.12. The molecule has 11 heteroatoms. The van der Waals surface area contributed by atoms with Gasteiger partial charge < -0.3 is 24.8 Å². The Morgan fingerprint density at radius 3 is 3.00 bits per heavy atom. The van der Waals surface area contributed by atoms with Crippen LogP contribution in [-0.2, 0) is 13.8 Å². The van der Waals surface area contributed by atoms with Crippen LogP contribution in [0.1, 0.15) is 12.5 Å². The first-order valence-electron chi connectivity index (χ1n) is 7.60. The summed E-state index contributed by atoms with van der Waals surface area (Å²) in [7, 11) is -4.51. The number of anilines is 1. The van der Waals surface area contributed by atoms with Crippen molar-refractivity contribution < 1.29 is 23.6 Å². The van der Waals surface area contributed by atoms with Crippen molar-refractivity contribution in [2.45, 2.75) is 18.6 Å². The third-order valence-electron chi connectivity index (χ3n) is 4.25. The Kier molecular flexibility index (Phi) is 3.94. The smallest absolute Gasteiger partial charge is 0.383 e. The van der Waals surface area contributed by atoms with E-state index < -0.39 is 13.9 Å². The molecule has 10 nitrogen and oxygen atoms in total. The zero-order valence-corrected chi connectivity index (χ0v) is 13.9. The molecule has 25 heavy (non-hydrogen) atoms. The fraction of sp³-hybridized carbons (Fsp3) is 0.357. The minimum Gasteiger partial charge on any atom is -0.383 e. The number of benzene rings is 1. The molecule has 1 aromatic carbocycles. The Labute approximate surface area is 141 Å². The minimum atomic E-state index is -4.51. The van der Waals surface area contributed by atoms with E-state index in [4.69, 9.17) is 20.3 Å². The van der Waals surface area contributed by atoms with Crippen LogP contribution in [0.25, 0.3) is 21.9 Å². The second-order valence-electron chi connectivity index (χ2n) is 5.87. The lowest BCUT2D eigenvalue weighted by Crippen LogP contribution is -2.14. The summed E-state index contributed by atoms with van der Waals surface area (Å²) in [5, 5.41) is 0.747. The van der Waals surface area contributed by atoms with E-state index in [1.165, 1.54) is 6.33 Å². The van der Waals surface area contributed by atoms with Gasteiger partial charge in [0.1, 0.15) is 17.7 Å². The van der Waals surface area contributed by atoms with E-state index >= 15 is 0 Å². The number of ether oxygens (including phenoxy) is 1. The topological polar surface area (TPSA) is 146 Å². The van der Waals surface area contributed by atoms with Gasteiger partial charge in [-0.2, -0.15) is 0 Å². The number of fused-ring (bicyclic) bond motifs is 3. The molecule has 0 unspecified atom stereocenters. The van der Waals surface area contributed by atoms with E-state index in [1.807, 2.05) is 16.7 Å². The molecule has 0 radical (unpaired) electrons. The number of nitrogen functional groups attached to an aromatic ring is 1. The summed E-state index contributed by atoms with van der Waals surface area (Å²) < 4.78 is 22.9. The van der Waals surface area contributed by atoms with Gasteiger partial charge in [-0.1, -0.05) is 0 Å². The van der Waals surface area contributed by atoms with Gasteiger partial charge in [0.05, 0.1) is 42.7 Å². The minimum absolute atomic E-state index is 0.0443. The van der Waals surface area contributed by atoms with Crippen LogP contribution in [0.2, 0.25) is 0 Å². The molecule has 2 aromatic heterocycles. The standard InChI is InChI=1S/C14H16N5O5P/c15-14-10-1-2-11-13(12(10)16-6-17-14)19(7-18-11)8-3-9(23-4-8)5-24-25(20,21)22/h1-2,6-9H,3-5H2,(H2,15,16,17)(H2,20,21,22)/t8-,9-/m0/s1. The van der Waals surface area contributed by atoms with Crippen LogP contribution in [-0.4, -0.2) is 48.6 Å². The second-order valence-corrected chi connectivity index (χ2v) is 7.11. The molecule has 1 saturated heterocycles. The molecule has 3 heterocycles. The van der Waals surface area contributed by atoms with Crippen molar-refractivity contribution in [2.24, 2.45) is 0 Å². The van der Waals surface area contributed by atoms with Crippen molar-refractivity contribution >= 4 is 35.6 Å². The highest BCUT2D eigenvalue weighted by Crippen LogP contribution is 2.38. The van der Waals surface area contributed by atoms with Crippen LogP contribution in [0.5, 0.6) is 0 Å². The third-order valence-corrected chi connectivity index (χ3v) is 4.74. The molecule has 3 aromatic rings. The highest BCUT2D eigenvalue weighted by atomic mass is 31.2. The van der Waals surface area contributed by atoms with E-state index in [0.717, 1.165) is 16.4 Å². The number of aromatic nitrogens is 4. The number of phosphoric acid groups is 1. The second kappa shape index (κ2) is 6.01. The SMILES string of the molecule is Nc1ncnc2c1ccc1ncn([C@@H]3CO[C@H](COP(=O)(O)O)C3)c12. The van der Waals surface area contributed by atoms with Crippen LogP contribution in [0.3, 0.4) is 0 Å². The lowest BCUT2D eigenvalue weighted by molar-refractivity contribution is 0.0534. The van der Waals surface area contributed by atoms with E-state index in [1.54, 1.807) is 6.33 Å². The molecule has 1 aliphatic heterocycles. The molecule has 0 saturated carbocycles. The zero-order chi connectivity index (χ0) is 17.6. The van der Waals surface area contributed by atoms with Gasteiger partial charge in [0.2, 0.25) is 0 Å². The molecule has 0 amide bonds. The van der Waals surface area contributed by atoms with Crippen molar-refractivity contribution in [2.75, 3.05) is 18.9 Å². The average Bonchev–Trinajstić information content (AvgIpc) is 3.19. The van der Waals surface area contributed by atoms with Gasteiger partial charge >= 0.3 is 7.82 Å².